The molecule has 0 bridgehead atoms. The van der Waals surface area contributed by atoms with Crippen molar-refractivity contribution in [3.05, 3.63) is 35.4 Å². The summed E-state index contributed by atoms with van der Waals surface area (Å²) in [7, 11) is 0. The van der Waals surface area contributed by atoms with Gasteiger partial charge in [0.15, 0.2) is 0 Å². The maximum Gasteiger partial charge on any atom is 0.0990 e. The van der Waals surface area contributed by atoms with Gasteiger partial charge in [0, 0.05) is 6.20 Å². The number of nitrogens with zero attached hydrogens (tertiary/aromatic N) is 1. The molecule has 1 rings (SSSR count). The zero-order valence-electron chi connectivity index (χ0n) is 6.63. The third-order valence-electron chi connectivity index (χ3n) is 1.28. The smallest absolute Gasteiger partial charge is 0.0990 e. The van der Waals surface area contributed by atoms with Gasteiger partial charge in [0.1, 0.15) is 0 Å². The van der Waals surface area contributed by atoms with E-state index < -0.39 is 0 Å². The van der Waals surface area contributed by atoms with Gasteiger partial charge in [0.2, 0.25) is 0 Å². The molecular weight excluding hydrogens is 141 g/mol. The van der Waals surface area contributed by atoms with Gasteiger partial charge in [-0.2, -0.15) is 0 Å². The molecule has 11 heavy (non-hydrogen) atoms. The number of pyridine rings is 1. The first-order valence-corrected chi connectivity index (χ1v) is 3.45. The Hall–Kier alpha value is -1.18. The molecule has 0 unspecified atom stereocenters. The van der Waals surface area contributed by atoms with Crippen LogP contribution >= 0.6 is 0 Å². The number of aromatic nitrogens is 1. The number of hydrogen-bond donors (Lipinski definition) is 0. The van der Waals surface area contributed by atoms with Crippen LogP contribution in [0.4, 0.5) is 4.39 Å². The second-order valence-corrected chi connectivity index (χ2v) is 2.49. The van der Waals surface area contributed by atoms with Crippen LogP contribution in [0.2, 0.25) is 0 Å². The molecular formula is C9H10FN. The molecule has 0 saturated heterocycles. The van der Waals surface area contributed by atoms with E-state index in [9.17, 15) is 4.39 Å². The Morgan fingerprint density at radius 3 is 2.91 bits per heavy atom. The summed E-state index contributed by atoms with van der Waals surface area (Å²) < 4.78 is 12.3. The number of halogens is 1. The van der Waals surface area contributed by atoms with Crippen molar-refractivity contribution in [1.29, 1.82) is 0 Å². The molecule has 0 aliphatic rings. The van der Waals surface area contributed by atoms with E-state index in [1.807, 2.05) is 19.1 Å². The third-order valence-corrected chi connectivity index (χ3v) is 1.28. The van der Waals surface area contributed by atoms with Gasteiger partial charge in [-0.1, -0.05) is 0 Å². The molecule has 0 N–H and O–H groups in total. The lowest BCUT2D eigenvalue weighted by Crippen LogP contribution is -1.81. The van der Waals surface area contributed by atoms with Gasteiger partial charge in [-0.15, -0.1) is 0 Å². The number of hydrogen-bond acceptors (Lipinski definition) is 1. The first kappa shape index (κ1) is 7.92. The largest absolute Gasteiger partial charge is 0.257 e. The van der Waals surface area contributed by atoms with Crippen molar-refractivity contribution in [1.82, 2.24) is 4.98 Å². The molecule has 0 radical (unpaired) electrons. The van der Waals surface area contributed by atoms with Gasteiger partial charge in [-0.3, -0.25) is 4.98 Å². The highest BCUT2D eigenvalue weighted by molar-refractivity contribution is 5.46. The van der Waals surface area contributed by atoms with Crippen molar-refractivity contribution < 1.29 is 4.39 Å². The molecule has 0 spiro atoms. The summed E-state index contributed by atoms with van der Waals surface area (Å²) in [5, 5.41) is 0. The lowest BCUT2D eigenvalue weighted by molar-refractivity contribution is 0.648. The van der Waals surface area contributed by atoms with E-state index >= 15 is 0 Å². The first-order chi connectivity index (χ1) is 5.18. The zero-order valence-corrected chi connectivity index (χ0v) is 6.63. The highest BCUT2D eigenvalue weighted by atomic mass is 19.1. The maximum absolute atomic E-state index is 12.3. The molecule has 0 aromatic carbocycles. The summed E-state index contributed by atoms with van der Waals surface area (Å²) in [4.78, 5) is 3.96. The quantitative estimate of drug-likeness (QED) is 0.601. The summed E-state index contributed by atoms with van der Waals surface area (Å²) in [6.45, 7) is 3.36. The fourth-order valence-electron chi connectivity index (χ4n) is 0.842. The first-order valence-electron chi connectivity index (χ1n) is 3.45. The summed E-state index contributed by atoms with van der Waals surface area (Å²) in [5.41, 5.74) is 1.76. The normalized spacial score (nSPS) is 11.7. The van der Waals surface area contributed by atoms with Crippen LogP contribution in [-0.4, -0.2) is 4.98 Å². The summed E-state index contributed by atoms with van der Waals surface area (Å²) >= 11 is 0. The topological polar surface area (TPSA) is 12.9 Å². The molecule has 1 aromatic heterocycles. The van der Waals surface area contributed by atoms with E-state index in [1.165, 1.54) is 13.0 Å². The molecule has 0 atom stereocenters. The van der Waals surface area contributed by atoms with Crippen molar-refractivity contribution in [2.45, 2.75) is 13.8 Å². The highest BCUT2D eigenvalue weighted by Crippen LogP contribution is 2.05. The molecule has 0 amide bonds. The van der Waals surface area contributed by atoms with E-state index in [1.54, 1.807) is 6.20 Å². The van der Waals surface area contributed by atoms with Crippen molar-refractivity contribution in [3.63, 3.8) is 0 Å². The van der Waals surface area contributed by atoms with Crippen LogP contribution in [0.3, 0.4) is 0 Å². The van der Waals surface area contributed by atoms with Crippen LogP contribution in [0.25, 0.3) is 6.08 Å². The fourth-order valence-corrected chi connectivity index (χ4v) is 0.842. The van der Waals surface area contributed by atoms with Gasteiger partial charge in [0.25, 0.3) is 0 Å². The summed E-state index contributed by atoms with van der Waals surface area (Å²) in [6.07, 6.45) is 3.08. The Balaban J connectivity index is 2.97. The van der Waals surface area contributed by atoms with Crippen LogP contribution in [0.1, 0.15) is 18.2 Å². The van der Waals surface area contributed by atoms with Crippen molar-refractivity contribution >= 4 is 6.08 Å². The van der Waals surface area contributed by atoms with Crippen LogP contribution in [0, 0.1) is 6.92 Å². The van der Waals surface area contributed by atoms with Gasteiger partial charge in [-0.25, -0.2) is 4.39 Å². The van der Waals surface area contributed by atoms with Crippen molar-refractivity contribution in [2.75, 3.05) is 0 Å². The molecule has 1 aromatic rings. The minimum absolute atomic E-state index is 0.219. The van der Waals surface area contributed by atoms with E-state index in [-0.39, 0.29) is 5.83 Å². The van der Waals surface area contributed by atoms with Gasteiger partial charge in [0.05, 0.1) is 11.5 Å². The Morgan fingerprint density at radius 1 is 1.64 bits per heavy atom. The Labute approximate surface area is 65.6 Å². The monoisotopic (exact) mass is 151 g/mol. The molecule has 2 heteroatoms. The molecule has 1 heterocycles. The second-order valence-electron chi connectivity index (χ2n) is 2.49. The lowest BCUT2D eigenvalue weighted by Gasteiger charge is -1.93. The van der Waals surface area contributed by atoms with Gasteiger partial charge < -0.3 is 0 Å². The number of aryl methyl sites for hydroxylation is 1. The summed E-state index contributed by atoms with van der Waals surface area (Å²) in [6, 6.07) is 3.72. The lowest BCUT2D eigenvalue weighted by atomic mass is 10.2. The fraction of sp³-hybridized carbons (Fsp3) is 0.222. The Bertz CT molecular complexity index is 275. The van der Waals surface area contributed by atoms with Crippen LogP contribution in [-0.2, 0) is 0 Å². The van der Waals surface area contributed by atoms with Crippen LogP contribution in [0.5, 0.6) is 0 Å². The molecule has 0 aliphatic heterocycles. The molecule has 58 valence electrons. The zero-order chi connectivity index (χ0) is 8.27. The molecule has 1 nitrogen and oxygen atoms in total. The van der Waals surface area contributed by atoms with Crippen molar-refractivity contribution in [3.8, 4) is 0 Å². The summed E-state index contributed by atoms with van der Waals surface area (Å²) in [5.74, 6) is -0.219. The van der Waals surface area contributed by atoms with Crippen LogP contribution in [0.15, 0.2) is 24.2 Å². The Morgan fingerprint density at radius 2 is 2.36 bits per heavy atom. The minimum Gasteiger partial charge on any atom is -0.257 e. The van der Waals surface area contributed by atoms with Gasteiger partial charge >= 0.3 is 0 Å². The molecule has 0 saturated carbocycles. The third kappa shape index (κ3) is 2.50. The van der Waals surface area contributed by atoms with Crippen molar-refractivity contribution in [2.24, 2.45) is 0 Å². The average Bonchev–Trinajstić information content (AvgIpc) is 1.85. The highest BCUT2D eigenvalue weighted by Gasteiger charge is 1.90. The SMILES string of the molecule is C/C(F)=C/c1cc(C)ccn1. The predicted octanol–water partition coefficient (Wildman–Crippen LogP) is 2.72. The second kappa shape index (κ2) is 3.28. The average molecular weight is 151 g/mol. The van der Waals surface area contributed by atoms with Gasteiger partial charge in [-0.05, 0) is 37.6 Å². The number of allylic oxidation sites excluding steroid dienone is 1. The maximum atomic E-state index is 12.3. The molecule has 0 fully saturated rings. The standard InChI is InChI=1S/C9H10FN/c1-7-3-4-11-9(5-7)6-8(2)10/h3-6H,1-2H3/b8-6-. The molecule has 0 aliphatic carbocycles. The number of rotatable bonds is 1. The predicted molar refractivity (Wildman–Crippen MR) is 43.7 cm³/mol. The Kier molecular flexibility index (Phi) is 2.36. The van der Waals surface area contributed by atoms with E-state index in [0.29, 0.717) is 5.69 Å². The van der Waals surface area contributed by atoms with Crippen LogP contribution < -0.4 is 0 Å². The van der Waals surface area contributed by atoms with E-state index in [4.69, 9.17) is 0 Å². The minimum atomic E-state index is -0.219. The van der Waals surface area contributed by atoms with E-state index in [0.717, 1.165) is 5.56 Å². The van der Waals surface area contributed by atoms with E-state index in [2.05, 4.69) is 4.98 Å².